The average molecular weight is 222 g/mol. The molecule has 2 nitrogen and oxygen atoms in total. The van der Waals surface area contributed by atoms with Gasteiger partial charge in [0, 0.05) is 30.7 Å². The number of hydrogen-bond acceptors (Lipinski definition) is 1. The minimum Gasteiger partial charge on any atom is -0.343 e. The molecule has 0 aliphatic carbocycles. The second-order valence-electron chi connectivity index (χ2n) is 4.36. The van der Waals surface area contributed by atoms with Crippen molar-refractivity contribution in [1.29, 1.82) is 0 Å². The van der Waals surface area contributed by atoms with Gasteiger partial charge in [-0.15, -0.1) is 0 Å². The van der Waals surface area contributed by atoms with Gasteiger partial charge in [0.2, 0.25) is 0 Å². The first-order valence-electron chi connectivity index (χ1n) is 5.77. The SMILES string of the molecule is Cc1ccc2c(ccn2Cc2ccncc2)c1. The Labute approximate surface area is 101 Å². The Kier molecular flexibility index (Phi) is 2.41. The summed E-state index contributed by atoms with van der Waals surface area (Å²) >= 11 is 0. The number of aryl methyl sites for hydroxylation is 1. The molecule has 0 bridgehead atoms. The van der Waals surface area contributed by atoms with E-state index in [0.29, 0.717) is 0 Å². The van der Waals surface area contributed by atoms with Crippen LogP contribution in [-0.2, 0) is 6.54 Å². The third kappa shape index (κ3) is 1.94. The van der Waals surface area contributed by atoms with Gasteiger partial charge in [0.05, 0.1) is 0 Å². The molecule has 17 heavy (non-hydrogen) atoms. The zero-order valence-corrected chi connectivity index (χ0v) is 9.80. The van der Waals surface area contributed by atoms with Crippen molar-refractivity contribution in [3.63, 3.8) is 0 Å². The van der Waals surface area contributed by atoms with Gasteiger partial charge in [0.15, 0.2) is 0 Å². The molecule has 2 heterocycles. The van der Waals surface area contributed by atoms with E-state index in [1.54, 1.807) is 0 Å². The zero-order valence-electron chi connectivity index (χ0n) is 9.80. The van der Waals surface area contributed by atoms with Gasteiger partial charge in [-0.3, -0.25) is 4.98 Å². The lowest BCUT2D eigenvalue weighted by Crippen LogP contribution is -1.97. The Morgan fingerprint density at radius 3 is 2.71 bits per heavy atom. The van der Waals surface area contributed by atoms with Gasteiger partial charge < -0.3 is 4.57 Å². The van der Waals surface area contributed by atoms with Crippen LogP contribution < -0.4 is 0 Å². The lowest BCUT2D eigenvalue weighted by molar-refractivity contribution is 0.834. The molecule has 3 rings (SSSR count). The van der Waals surface area contributed by atoms with Crippen LogP contribution >= 0.6 is 0 Å². The summed E-state index contributed by atoms with van der Waals surface area (Å²) < 4.78 is 2.27. The molecule has 0 atom stereocenters. The van der Waals surface area contributed by atoms with E-state index < -0.39 is 0 Å². The van der Waals surface area contributed by atoms with Crippen molar-refractivity contribution in [1.82, 2.24) is 9.55 Å². The number of hydrogen-bond donors (Lipinski definition) is 0. The summed E-state index contributed by atoms with van der Waals surface area (Å²) in [5, 5.41) is 1.30. The fourth-order valence-corrected chi connectivity index (χ4v) is 2.14. The van der Waals surface area contributed by atoms with Crippen molar-refractivity contribution in [2.24, 2.45) is 0 Å². The Hall–Kier alpha value is -2.09. The Morgan fingerprint density at radius 2 is 1.88 bits per heavy atom. The summed E-state index contributed by atoms with van der Waals surface area (Å²) in [6, 6.07) is 12.8. The van der Waals surface area contributed by atoms with E-state index in [2.05, 4.69) is 59.1 Å². The zero-order chi connectivity index (χ0) is 11.7. The number of rotatable bonds is 2. The van der Waals surface area contributed by atoms with E-state index in [0.717, 1.165) is 6.54 Å². The first-order valence-corrected chi connectivity index (χ1v) is 5.77. The van der Waals surface area contributed by atoms with E-state index in [1.165, 1.54) is 22.0 Å². The van der Waals surface area contributed by atoms with E-state index in [-0.39, 0.29) is 0 Å². The maximum Gasteiger partial charge on any atom is 0.0483 e. The highest BCUT2D eigenvalue weighted by Gasteiger charge is 2.01. The van der Waals surface area contributed by atoms with Crippen LogP contribution in [0.1, 0.15) is 11.1 Å². The standard InChI is InChI=1S/C15H14N2/c1-12-2-3-15-14(10-12)6-9-17(15)11-13-4-7-16-8-5-13/h2-10H,11H2,1H3. The van der Waals surface area contributed by atoms with Gasteiger partial charge in [-0.2, -0.15) is 0 Å². The molecule has 0 unspecified atom stereocenters. The van der Waals surface area contributed by atoms with Crippen molar-refractivity contribution >= 4 is 10.9 Å². The van der Waals surface area contributed by atoms with Gasteiger partial charge in [0.25, 0.3) is 0 Å². The lowest BCUT2D eigenvalue weighted by Gasteiger charge is -2.05. The molecule has 2 aromatic heterocycles. The quantitative estimate of drug-likeness (QED) is 0.650. The van der Waals surface area contributed by atoms with Crippen molar-refractivity contribution in [2.45, 2.75) is 13.5 Å². The number of pyridine rings is 1. The third-order valence-electron chi connectivity index (χ3n) is 3.03. The van der Waals surface area contributed by atoms with E-state index in [9.17, 15) is 0 Å². The molecule has 0 aliphatic heterocycles. The largest absolute Gasteiger partial charge is 0.343 e. The molecule has 0 amide bonds. The van der Waals surface area contributed by atoms with Crippen LogP contribution in [0.25, 0.3) is 10.9 Å². The van der Waals surface area contributed by atoms with Gasteiger partial charge in [0.1, 0.15) is 0 Å². The molecule has 0 saturated heterocycles. The maximum atomic E-state index is 4.04. The highest BCUT2D eigenvalue weighted by molar-refractivity contribution is 5.80. The van der Waals surface area contributed by atoms with Crippen LogP contribution in [0, 0.1) is 6.92 Å². The maximum absolute atomic E-state index is 4.04. The summed E-state index contributed by atoms with van der Waals surface area (Å²) in [4.78, 5) is 4.04. The van der Waals surface area contributed by atoms with Crippen LogP contribution in [0.5, 0.6) is 0 Å². The first-order chi connectivity index (χ1) is 8.33. The topological polar surface area (TPSA) is 17.8 Å². The minimum absolute atomic E-state index is 0.898. The monoisotopic (exact) mass is 222 g/mol. The summed E-state index contributed by atoms with van der Waals surface area (Å²) in [6.45, 7) is 3.02. The number of nitrogens with zero attached hydrogens (tertiary/aromatic N) is 2. The van der Waals surface area contributed by atoms with Gasteiger partial charge in [-0.1, -0.05) is 11.6 Å². The third-order valence-corrected chi connectivity index (χ3v) is 3.03. The first kappa shape index (κ1) is 10.1. The fraction of sp³-hybridized carbons (Fsp3) is 0.133. The smallest absolute Gasteiger partial charge is 0.0483 e. The number of benzene rings is 1. The normalized spacial score (nSPS) is 10.9. The van der Waals surface area contributed by atoms with Crippen LogP contribution in [0.3, 0.4) is 0 Å². The number of aromatic nitrogens is 2. The van der Waals surface area contributed by atoms with Gasteiger partial charge >= 0.3 is 0 Å². The van der Waals surface area contributed by atoms with Crippen molar-refractivity contribution < 1.29 is 0 Å². The van der Waals surface area contributed by atoms with E-state index in [4.69, 9.17) is 0 Å². The number of fused-ring (bicyclic) bond motifs is 1. The molecule has 3 aromatic rings. The second-order valence-corrected chi connectivity index (χ2v) is 4.36. The summed E-state index contributed by atoms with van der Waals surface area (Å²) in [7, 11) is 0. The van der Waals surface area contributed by atoms with Crippen LogP contribution in [0.15, 0.2) is 55.0 Å². The molecule has 0 radical (unpaired) electrons. The van der Waals surface area contributed by atoms with Gasteiger partial charge in [-0.05, 0) is 48.2 Å². The molecule has 0 fully saturated rings. The summed E-state index contributed by atoms with van der Waals surface area (Å²) in [5.74, 6) is 0. The Balaban J connectivity index is 2.01. The van der Waals surface area contributed by atoms with Crippen molar-refractivity contribution in [2.75, 3.05) is 0 Å². The van der Waals surface area contributed by atoms with E-state index in [1.807, 2.05) is 12.4 Å². The predicted molar refractivity (Wildman–Crippen MR) is 70.0 cm³/mol. The van der Waals surface area contributed by atoms with Crippen molar-refractivity contribution in [3.8, 4) is 0 Å². The summed E-state index contributed by atoms with van der Waals surface area (Å²) in [5.41, 5.74) is 3.87. The van der Waals surface area contributed by atoms with Crippen LogP contribution in [0.2, 0.25) is 0 Å². The minimum atomic E-state index is 0.898. The summed E-state index contributed by atoms with van der Waals surface area (Å²) in [6.07, 6.45) is 5.82. The highest BCUT2D eigenvalue weighted by Crippen LogP contribution is 2.18. The molecule has 2 heteroatoms. The molecule has 1 aromatic carbocycles. The van der Waals surface area contributed by atoms with Gasteiger partial charge in [-0.25, -0.2) is 0 Å². The fourth-order valence-electron chi connectivity index (χ4n) is 2.14. The molecular weight excluding hydrogens is 208 g/mol. The van der Waals surface area contributed by atoms with Crippen molar-refractivity contribution in [3.05, 3.63) is 66.1 Å². The molecule has 0 saturated carbocycles. The Bertz CT molecular complexity index is 638. The molecule has 0 aliphatic rings. The average Bonchev–Trinajstić information content (AvgIpc) is 2.73. The highest BCUT2D eigenvalue weighted by atomic mass is 14.9. The van der Waals surface area contributed by atoms with Crippen LogP contribution in [-0.4, -0.2) is 9.55 Å². The molecule has 0 N–H and O–H groups in total. The molecule has 0 spiro atoms. The lowest BCUT2D eigenvalue weighted by atomic mass is 10.2. The second kappa shape index (κ2) is 4.06. The predicted octanol–water partition coefficient (Wildman–Crippen LogP) is 3.39. The Morgan fingerprint density at radius 1 is 1.06 bits per heavy atom. The van der Waals surface area contributed by atoms with Crippen LogP contribution in [0.4, 0.5) is 0 Å². The molecule has 84 valence electrons. The van der Waals surface area contributed by atoms with E-state index >= 15 is 0 Å². The molecular formula is C15H14N2.